The van der Waals surface area contributed by atoms with Gasteiger partial charge < -0.3 is 9.47 Å². The van der Waals surface area contributed by atoms with Crippen LogP contribution in [0.2, 0.25) is 0 Å². The molecule has 0 saturated carbocycles. The highest BCUT2D eigenvalue weighted by Crippen LogP contribution is 2.43. The standard InChI is InChI=1S/C16H12F6O2/c17-14(18,16(21,22)24-13-9-5-2-6-10-13)11-15(19,20)23-12-7-3-1-4-8-12/h1-10H,11H2. The maximum absolute atomic E-state index is 13.7. The molecule has 2 rings (SSSR count). The van der Waals surface area contributed by atoms with E-state index in [0.717, 1.165) is 24.3 Å². The molecule has 0 bridgehead atoms. The van der Waals surface area contributed by atoms with Crippen LogP contribution in [0.3, 0.4) is 0 Å². The second-order valence-electron chi connectivity index (χ2n) is 4.87. The van der Waals surface area contributed by atoms with Crippen LogP contribution in [-0.2, 0) is 0 Å². The van der Waals surface area contributed by atoms with Gasteiger partial charge in [0.05, 0.1) is 0 Å². The first kappa shape index (κ1) is 18.0. The third kappa shape index (κ3) is 4.56. The number of alkyl halides is 6. The molecule has 0 fully saturated rings. The molecular formula is C16H12F6O2. The Labute approximate surface area is 133 Å². The minimum atomic E-state index is -5.17. The smallest absolute Gasteiger partial charge is 0.432 e. The lowest BCUT2D eigenvalue weighted by atomic mass is 10.2. The molecule has 0 aliphatic rings. The monoisotopic (exact) mass is 350 g/mol. The molecule has 2 aromatic carbocycles. The molecule has 24 heavy (non-hydrogen) atoms. The third-order valence-corrected chi connectivity index (χ3v) is 2.85. The Balaban J connectivity index is 2.10. The van der Waals surface area contributed by atoms with Crippen LogP contribution in [0.5, 0.6) is 11.5 Å². The zero-order valence-corrected chi connectivity index (χ0v) is 12.1. The topological polar surface area (TPSA) is 18.5 Å². The average molecular weight is 350 g/mol. The maximum Gasteiger partial charge on any atom is 0.464 e. The molecule has 0 aliphatic heterocycles. The summed E-state index contributed by atoms with van der Waals surface area (Å²) >= 11 is 0. The Bertz CT molecular complexity index is 646. The van der Waals surface area contributed by atoms with Crippen LogP contribution >= 0.6 is 0 Å². The van der Waals surface area contributed by atoms with Gasteiger partial charge in [-0.05, 0) is 24.3 Å². The highest BCUT2D eigenvalue weighted by atomic mass is 19.3. The average Bonchev–Trinajstić information content (AvgIpc) is 2.47. The lowest BCUT2D eigenvalue weighted by Gasteiger charge is -2.29. The first-order chi connectivity index (χ1) is 11.1. The van der Waals surface area contributed by atoms with Crippen molar-refractivity contribution in [1.29, 1.82) is 0 Å². The second-order valence-corrected chi connectivity index (χ2v) is 4.87. The van der Waals surface area contributed by atoms with E-state index in [1.165, 1.54) is 36.4 Å². The van der Waals surface area contributed by atoms with Crippen LogP contribution in [0.1, 0.15) is 6.42 Å². The highest BCUT2D eigenvalue weighted by molar-refractivity contribution is 5.22. The van der Waals surface area contributed by atoms with Gasteiger partial charge in [-0.15, -0.1) is 0 Å². The van der Waals surface area contributed by atoms with Crippen molar-refractivity contribution in [1.82, 2.24) is 0 Å². The van der Waals surface area contributed by atoms with Gasteiger partial charge >= 0.3 is 18.1 Å². The van der Waals surface area contributed by atoms with E-state index in [2.05, 4.69) is 9.47 Å². The molecule has 0 unspecified atom stereocenters. The van der Waals surface area contributed by atoms with E-state index >= 15 is 0 Å². The molecule has 8 heteroatoms. The zero-order chi connectivity index (χ0) is 17.8. The highest BCUT2D eigenvalue weighted by Gasteiger charge is 2.64. The number of halogens is 6. The molecule has 0 N–H and O–H groups in total. The number of rotatable bonds is 7. The Hall–Kier alpha value is -2.38. The molecule has 2 nitrogen and oxygen atoms in total. The molecular weight excluding hydrogens is 338 g/mol. The van der Waals surface area contributed by atoms with Gasteiger partial charge in [-0.1, -0.05) is 36.4 Å². The number of hydrogen-bond donors (Lipinski definition) is 0. The maximum atomic E-state index is 13.7. The fourth-order valence-corrected chi connectivity index (χ4v) is 1.77. The van der Waals surface area contributed by atoms with Crippen LogP contribution in [0.15, 0.2) is 60.7 Å². The Morgan fingerprint density at radius 3 is 1.50 bits per heavy atom. The zero-order valence-electron chi connectivity index (χ0n) is 12.1. The van der Waals surface area contributed by atoms with Crippen molar-refractivity contribution < 1.29 is 35.8 Å². The predicted molar refractivity (Wildman–Crippen MR) is 73.6 cm³/mol. The molecule has 0 spiro atoms. The van der Waals surface area contributed by atoms with Gasteiger partial charge in [-0.3, -0.25) is 0 Å². The number of para-hydroxylation sites is 2. The molecule has 2 aromatic rings. The minimum Gasteiger partial charge on any atom is -0.432 e. The molecule has 130 valence electrons. The van der Waals surface area contributed by atoms with Crippen molar-refractivity contribution in [3.05, 3.63) is 60.7 Å². The van der Waals surface area contributed by atoms with Crippen molar-refractivity contribution in [3.8, 4) is 11.5 Å². The Kier molecular flexibility index (Phi) is 4.96. The summed E-state index contributed by atoms with van der Waals surface area (Å²) in [5.74, 6) is -6.17. The summed E-state index contributed by atoms with van der Waals surface area (Å²) in [6.07, 6.45) is -12.2. The van der Waals surface area contributed by atoms with E-state index in [-0.39, 0.29) is 0 Å². The van der Waals surface area contributed by atoms with Gasteiger partial charge in [-0.2, -0.15) is 26.3 Å². The van der Waals surface area contributed by atoms with Crippen molar-refractivity contribution >= 4 is 0 Å². The van der Waals surface area contributed by atoms with Crippen LogP contribution in [0.25, 0.3) is 0 Å². The summed E-state index contributed by atoms with van der Waals surface area (Å²) in [5.41, 5.74) is 0. The third-order valence-electron chi connectivity index (χ3n) is 2.85. The van der Waals surface area contributed by atoms with E-state index < -0.39 is 36.1 Å². The molecule has 0 atom stereocenters. The summed E-state index contributed by atoms with van der Waals surface area (Å²) in [7, 11) is 0. The molecule has 0 aromatic heterocycles. The van der Waals surface area contributed by atoms with Gasteiger partial charge in [0.25, 0.3) is 0 Å². The quantitative estimate of drug-likeness (QED) is 0.626. The van der Waals surface area contributed by atoms with Gasteiger partial charge in [0.2, 0.25) is 0 Å². The summed E-state index contributed by atoms with van der Waals surface area (Å²) in [5, 5.41) is 0. The first-order valence-electron chi connectivity index (χ1n) is 6.73. The second kappa shape index (κ2) is 6.62. The van der Waals surface area contributed by atoms with E-state index in [4.69, 9.17) is 0 Å². The molecule has 0 aliphatic carbocycles. The van der Waals surface area contributed by atoms with E-state index in [0.29, 0.717) is 0 Å². The SMILES string of the molecule is FC(F)(CC(F)(F)C(F)(F)Oc1ccccc1)Oc1ccccc1. The van der Waals surface area contributed by atoms with Gasteiger partial charge in [0.1, 0.15) is 17.9 Å². The largest absolute Gasteiger partial charge is 0.464 e. The molecule has 0 heterocycles. The summed E-state index contributed by atoms with van der Waals surface area (Å²) < 4.78 is 89.6. The summed E-state index contributed by atoms with van der Waals surface area (Å²) in [6, 6.07) is 12.3. The van der Waals surface area contributed by atoms with Gasteiger partial charge in [-0.25, -0.2) is 0 Å². The predicted octanol–water partition coefficient (Wildman–Crippen LogP) is 5.36. The van der Waals surface area contributed by atoms with Crippen LogP contribution in [0, 0.1) is 0 Å². The van der Waals surface area contributed by atoms with Crippen LogP contribution in [0.4, 0.5) is 26.3 Å². The van der Waals surface area contributed by atoms with Gasteiger partial charge in [0, 0.05) is 0 Å². The van der Waals surface area contributed by atoms with Crippen molar-refractivity contribution in [2.45, 2.75) is 24.6 Å². The van der Waals surface area contributed by atoms with Crippen molar-refractivity contribution in [3.63, 3.8) is 0 Å². The Morgan fingerprint density at radius 2 is 1.04 bits per heavy atom. The Morgan fingerprint density at radius 1 is 0.625 bits per heavy atom. The molecule has 0 radical (unpaired) electrons. The van der Waals surface area contributed by atoms with E-state index in [1.54, 1.807) is 0 Å². The van der Waals surface area contributed by atoms with E-state index in [9.17, 15) is 26.3 Å². The number of hydrogen-bond acceptors (Lipinski definition) is 2. The fourth-order valence-electron chi connectivity index (χ4n) is 1.77. The lowest BCUT2D eigenvalue weighted by molar-refractivity contribution is -0.340. The fraction of sp³-hybridized carbons (Fsp3) is 0.250. The molecule has 0 saturated heterocycles. The van der Waals surface area contributed by atoms with Crippen molar-refractivity contribution in [2.75, 3.05) is 0 Å². The summed E-state index contributed by atoms with van der Waals surface area (Å²) in [6.45, 7) is 0. The van der Waals surface area contributed by atoms with Crippen LogP contribution < -0.4 is 9.47 Å². The first-order valence-corrected chi connectivity index (χ1v) is 6.73. The number of benzene rings is 2. The van der Waals surface area contributed by atoms with Crippen LogP contribution in [-0.4, -0.2) is 18.1 Å². The minimum absolute atomic E-state index is 0.425. The van der Waals surface area contributed by atoms with Gasteiger partial charge in [0.15, 0.2) is 0 Å². The van der Waals surface area contributed by atoms with E-state index in [1.807, 2.05) is 0 Å². The normalized spacial score (nSPS) is 12.8. The summed E-state index contributed by atoms with van der Waals surface area (Å²) in [4.78, 5) is 0. The molecule has 0 amide bonds. The lowest BCUT2D eigenvalue weighted by Crippen LogP contribution is -2.49. The van der Waals surface area contributed by atoms with Crippen molar-refractivity contribution in [2.24, 2.45) is 0 Å². The number of ether oxygens (including phenoxy) is 2.